The Kier molecular flexibility index (Phi) is 6.29. The SMILES string of the molecule is CCC(=O)Nc1ccc(NS(=O)(=O)CC(C)CCl)cc1. The van der Waals surface area contributed by atoms with Crippen molar-refractivity contribution in [2.75, 3.05) is 21.7 Å². The predicted octanol–water partition coefficient (Wildman–Crippen LogP) is 2.65. The van der Waals surface area contributed by atoms with Gasteiger partial charge in [0.25, 0.3) is 0 Å². The van der Waals surface area contributed by atoms with Crippen LogP contribution in [0, 0.1) is 5.92 Å². The molecule has 112 valence electrons. The number of amides is 1. The fourth-order valence-electron chi connectivity index (χ4n) is 1.51. The molecule has 0 heterocycles. The minimum Gasteiger partial charge on any atom is -0.326 e. The van der Waals surface area contributed by atoms with E-state index in [0.29, 0.717) is 23.7 Å². The lowest BCUT2D eigenvalue weighted by atomic mass is 10.3. The van der Waals surface area contributed by atoms with Gasteiger partial charge in [-0.25, -0.2) is 8.42 Å². The summed E-state index contributed by atoms with van der Waals surface area (Å²) in [5.74, 6) is 0.0693. The zero-order valence-electron chi connectivity index (χ0n) is 11.5. The van der Waals surface area contributed by atoms with E-state index in [1.807, 2.05) is 0 Å². The quantitative estimate of drug-likeness (QED) is 0.759. The highest BCUT2D eigenvalue weighted by Gasteiger charge is 2.15. The van der Waals surface area contributed by atoms with E-state index >= 15 is 0 Å². The lowest BCUT2D eigenvalue weighted by Gasteiger charge is -2.11. The van der Waals surface area contributed by atoms with Crippen molar-refractivity contribution in [1.29, 1.82) is 0 Å². The van der Waals surface area contributed by atoms with Gasteiger partial charge in [0.15, 0.2) is 0 Å². The molecule has 1 unspecified atom stereocenters. The molecule has 0 radical (unpaired) electrons. The lowest BCUT2D eigenvalue weighted by Crippen LogP contribution is -2.22. The Morgan fingerprint density at radius 2 is 1.80 bits per heavy atom. The van der Waals surface area contributed by atoms with Crippen molar-refractivity contribution in [3.8, 4) is 0 Å². The molecule has 1 aromatic carbocycles. The van der Waals surface area contributed by atoms with Gasteiger partial charge < -0.3 is 5.32 Å². The van der Waals surface area contributed by atoms with Gasteiger partial charge in [-0.3, -0.25) is 9.52 Å². The number of hydrogen-bond donors (Lipinski definition) is 2. The minimum absolute atomic E-state index is 0.0230. The monoisotopic (exact) mass is 318 g/mol. The Bertz CT molecular complexity index is 543. The van der Waals surface area contributed by atoms with E-state index < -0.39 is 10.0 Å². The fourth-order valence-corrected chi connectivity index (χ4v) is 3.20. The first-order chi connectivity index (χ1) is 9.36. The molecular weight excluding hydrogens is 300 g/mol. The summed E-state index contributed by atoms with van der Waals surface area (Å²) in [7, 11) is -3.41. The third-order valence-electron chi connectivity index (χ3n) is 2.53. The smallest absolute Gasteiger partial charge is 0.233 e. The maximum atomic E-state index is 11.8. The second-order valence-electron chi connectivity index (χ2n) is 4.62. The summed E-state index contributed by atoms with van der Waals surface area (Å²) in [5, 5.41) is 2.69. The molecule has 0 spiro atoms. The van der Waals surface area contributed by atoms with E-state index in [9.17, 15) is 13.2 Å². The first kappa shape index (κ1) is 16.8. The van der Waals surface area contributed by atoms with Crippen molar-refractivity contribution < 1.29 is 13.2 Å². The highest BCUT2D eigenvalue weighted by atomic mass is 35.5. The standard InChI is InChI=1S/C13H19ClN2O3S/c1-3-13(17)15-11-4-6-12(7-5-11)16-20(18,19)9-10(2)8-14/h4-7,10,16H,3,8-9H2,1-2H3,(H,15,17). The van der Waals surface area contributed by atoms with E-state index in [1.54, 1.807) is 38.1 Å². The number of benzene rings is 1. The molecule has 0 aliphatic heterocycles. The van der Waals surface area contributed by atoms with Crippen LogP contribution in [0.5, 0.6) is 0 Å². The number of carbonyl (C=O) groups excluding carboxylic acids is 1. The Morgan fingerprint density at radius 1 is 1.25 bits per heavy atom. The van der Waals surface area contributed by atoms with E-state index in [0.717, 1.165) is 0 Å². The number of carbonyl (C=O) groups is 1. The molecule has 1 amide bonds. The average Bonchev–Trinajstić information content (AvgIpc) is 2.39. The highest BCUT2D eigenvalue weighted by Crippen LogP contribution is 2.16. The van der Waals surface area contributed by atoms with Gasteiger partial charge in [-0.2, -0.15) is 0 Å². The minimum atomic E-state index is -3.41. The van der Waals surface area contributed by atoms with Crippen molar-refractivity contribution in [2.24, 2.45) is 5.92 Å². The maximum absolute atomic E-state index is 11.8. The summed E-state index contributed by atoms with van der Waals surface area (Å²) in [6.45, 7) is 3.53. The van der Waals surface area contributed by atoms with Crippen LogP contribution >= 0.6 is 11.6 Å². The van der Waals surface area contributed by atoms with Crippen LogP contribution in [0.4, 0.5) is 11.4 Å². The van der Waals surface area contributed by atoms with Gasteiger partial charge in [0.2, 0.25) is 15.9 Å². The second-order valence-corrected chi connectivity index (χ2v) is 6.70. The summed E-state index contributed by atoms with van der Waals surface area (Å²) in [4.78, 5) is 11.2. The summed E-state index contributed by atoms with van der Waals surface area (Å²) in [6.07, 6.45) is 0.394. The van der Waals surface area contributed by atoms with E-state index in [4.69, 9.17) is 11.6 Å². The van der Waals surface area contributed by atoms with Gasteiger partial charge in [0.05, 0.1) is 5.75 Å². The molecule has 7 heteroatoms. The Morgan fingerprint density at radius 3 is 2.30 bits per heavy atom. The molecular formula is C13H19ClN2O3S. The van der Waals surface area contributed by atoms with Gasteiger partial charge in [0, 0.05) is 23.7 Å². The Labute approximate surface area is 124 Å². The van der Waals surface area contributed by atoms with Crippen LogP contribution in [-0.4, -0.2) is 26.0 Å². The summed E-state index contributed by atoms with van der Waals surface area (Å²) in [6, 6.07) is 6.51. The molecule has 5 nitrogen and oxygen atoms in total. The third kappa shape index (κ3) is 5.79. The lowest BCUT2D eigenvalue weighted by molar-refractivity contribution is -0.115. The molecule has 0 saturated heterocycles. The summed E-state index contributed by atoms with van der Waals surface area (Å²) in [5.41, 5.74) is 1.09. The molecule has 0 aromatic heterocycles. The van der Waals surface area contributed by atoms with Crippen molar-refractivity contribution in [3.05, 3.63) is 24.3 Å². The van der Waals surface area contributed by atoms with Gasteiger partial charge in [0.1, 0.15) is 0 Å². The van der Waals surface area contributed by atoms with E-state index in [-0.39, 0.29) is 17.6 Å². The van der Waals surface area contributed by atoms with Crippen LogP contribution in [0.25, 0.3) is 0 Å². The molecule has 1 atom stereocenters. The molecule has 0 saturated carbocycles. The van der Waals surface area contributed by atoms with Crippen LogP contribution < -0.4 is 10.0 Å². The molecule has 20 heavy (non-hydrogen) atoms. The first-order valence-electron chi connectivity index (χ1n) is 6.32. The van der Waals surface area contributed by atoms with Crippen LogP contribution in [0.15, 0.2) is 24.3 Å². The van der Waals surface area contributed by atoms with E-state index in [1.165, 1.54) is 0 Å². The van der Waals surface area contributed by atoms with Crippen LogP contribution in [0.2, 0.25) is 0 Å². The number of rotatable bonds is 7. The molecule has 2 N–H and O–H groups in total. The summed E-state index contributed by atoms with van der Waals surface area (Å²) >= 11 is 5.61. The normalized spacial score (nSPS) is 12.8. The topological polar surface area (TPSA) is 75.3 Å². The fraction of sp³-hybridized carbons (Fsp3) is 0.462. The number of sulfonamides is 1. The Balaban J connectivity index is 2.67. The average molecular weight is 319 g/mol. The van der Waals surface area contributed by atoms with Crippen LogP contribution in [-0.2, 0) is 14.8 Å². The molecule has 1 aromatic rings. The van der Waals surface area contributed by atoms with Gasteiger partial charge in [-0.05, 0) is 30.2 Å². The van der Waals surface area contributed by atoms with Gasteiger partial charge >= 0.3 is 0 Å². The molecule has 0 fully saturated rings. The number of halogens is 1. The number of alkyl halides is 1. The number of hydrogen-bond acceptors (Lipinski definition) is 3. The molecule has 0 bridgehead atoms. The predicted molar refractivity (Wildman–Crippen MR) is 82.7 cm³/mol. The largest absolute Gasteiger partial charge is 0.326 e. The van der Waals surface area contributed by atoms with Gasteiger partial charge in [-0.15, -0.1) is 11.6 Å². The maximum Gasteiger partial charge on any atom is 0.233 e. The molecule has 0 aliphatic rings. The number of nitrogens with one attached hydrogen (secondary N) is 2. The second kappa shape index (κ2) is 7.50. The zero-order chi connectivity index (χ0) is 15.2. The van der Waals surface area contributed by atoms with Gasteiger partial charge in [-0.1, -0.05) is 13.8 Å². The third-order valence-corrected chi connectivity index (χ3v) is 4.61. The Hall–Kier alpha value is -1.27. The van der Waals surface area contributed by atoms with E-state index in [2.05, 4.69) is 10.0 Å². The van der Waals surface area contributed by atoms with Crippen molar-refractivity contribution in [2.45, 2.75) is 20.3 Å². The van der Waals surface area contributed by atoms with Crippen LogP contribution in [0.3, 0.4) is 0 Å². The van der Waals surface area contributed by atoms with Crippen LogP contribution in [0.1, 0.15) is 20.3 Å². The molecule has 0 aliphatic carbocycles. The van der Waals surface area contributed by atoms with Crippen molar-refractivity contribution >= 4 is 38.9 Å². The highest BCUT2D eigenvalue weighted by molar-refractivity contribution is 7.92. The molecule has 1 rings (SSSR count). The van der Waals surface area contributed by atoms with Crippen molar-refractivity contribution in [1.82, 2.24) is 0 Å². The summed E-state index contributed by atoms with van der Waals surface area (Å²) < 4.78 is 26.2. The zero-order valence-corrected chi connectivity index (χ0v) is 13.1. The first-order valence-corrected chi connectivity index (χ1v) is 8.51. The number of anilines is 2. The van der Waals surface area contributed by atoms with Crippen molar-refractivity contribution in [3.63, 3.8) is 0 Å².